The molecule has 5 saturated heterocycles. The molecule has 0 unspecified atom stereocenters. The van der Waals surface area contributed by atoms with E-state index in [2.05, 4.69) is 227 Å². The van der Waals surface area contributed by atoms with Crippen molar-refractivity contribution in [2.45, 2.75) is 259 Å². The third-order valence-electron chi connectivity index (χ3n) is 23.0. The van der Waals surface area contributed by atoms with E-state index in [4.69, 9.17) is 25.0 Å². The summed E-state index contributed by atoms with van der Waals surface area (Å²) in [6.45, 7) is 36.6. The number of aromatic nitrogens is 8. The van der Waals surface area contributed by atoms with Crippen LogP contribution in [-0.4, -0.2) is 234 Å². The summed E-state index contributed by atoms with van der Waals surface area (Å²) < 4.78 is 91.6. The maximum absolute atomic E-state index is 12.4. The monoisotopic (exact) mass is 2160 g/mol. The Hall–Kier alpha value is -7.67. The summed E-state index contributed by atoms with van der Waals surface area (Å²) in [5, 5.41) is 37.2. The van der Waals surface area contributed by atoms with E-state index in [1.54, 1.807) is 56.0 Å². The van der Waals surface area contributed by atoms with Crippen LogP contribution in [0.15, 0.2) is 146 Å². The highest BCUT2D eigenvalue weighted by atomic mass is 79.9. The number of likely N-dealkylation sites (tertiary alicyclic amines) is 4. The highest BCUT2D eigenvalue weighted by molar-refractivity contribution is 9.11. The Bertz CT molecular complexity index is 5250. The standard InChI is InChI=1S/C17H22BrN3O2.C14H19N3.C13H16BrN3.C12H14BrN3.C12H18F3NO5S.C12H27P.C10H20N2O2.C7H4BrNO3/c1-17(2,3)23-16(22)20-8-6-14(7-9-20)21-11-12-10-13(18)4-5-15(12)19-21;1-11-3-4-14-12(9-11)10-17(15-14)13-5-7-16(2)8-6-13;1-16-6-4-12(5-7-16)17-9-10-8-11(14)2-3-13(10)15-17;13-10-1-2-12-9(7-10)8-16(15-12)11-3-5-14-6-4-11;1-8-5-6-9(21-22(18,19)12(13,14)15)16(7-8)10(17)20-11(2,3)4;1-4-7-10-13(11-8-5-2)12-9-6-3;1-10(2,3)14-9(13)12-6-4-8(11)5-7-12;8-6-1-2-7(9(11)12)5(3-6)4-10/h4-5,10-11,14H,6-9H2,1-3H3;3-4,9-10,13H,5-8H2,1-2H3;2-3,8-9,12H,4-7H2,1H3;1-2,7-8,11,14H,3-6H2;6,8H,5,7H2,1-4H3;4-12H2,1-3H3;8H,4-7,11H2,1-3H3;1-4H/t;;;;8-;;;/m....0.../s1. The summed E-state index contributed by atoms with van der Waals surface area (Å²) in [7, 11) is -1.04. The topological polar surface area (TPSA) is 308 Å². The molecular weight excluding hydrogens is 2020 g/mol. The van der Waals surface area contributed by atoms with Gasteiger partial charge >= 0.3 is 33.9 Å². The van der Waals surface area contributed by atoms with Gasteiger partial charge in [-0.25, -0.2) is 19.3 Å². The van der Waals surface area contributed by atoms with Gasteiger partial charge in [0.05, 0.1) is 56.7 Å². The normalized spacial score (nSPS) is 17.2. The molecule has 9 aromatic rings. The predicted octanol–water partition coefficient (Wildman–Crippen LogP) is 24.1. The second kappa shape index (κ2) is 52.9. The van der Waals surface area contributed by atoms with Crippen LogP contribution in [0.4, 0.5) is 33.2 Å². The minimum absolute atomic E-state index is 0.00583. The number of fused-ring (bicyclic) bond motifs is 4. The number of benzene rings is 5. The zero-order chi connectivity index (χ0) is 98.4. The molecule has 6 aliphatic heterocycles. The fraction of sp³-hybridized carbons (Fsp3) is 0.588. The number of halogens is 7. The lowest BCUT2D eigenvalue weighted by atomic mass is 10.0. The van der Waals surface area contributed by atoms with Gasteiger partial charge in [-0.05, 0) is 322 Å². The Labute approximate surface area is 824 Å². The number of hydrogen-bond acceptors (Lipinski definition) is 20. The van der Waals surface area contributed by atoms with Crippen molar-refractivity contribution in [2.24, 2.45) is 11.7 Å². The average Bonchev–Trinajstić information content (AvgIpc) is 1.77. The zero-order valence-electron chi connectivity index (χ0n) is 80.7. The first-order valence-corrected chi connectivity index (χ1v) is 53.2. The highest BCUT2D eigenvalue weighted by Gasteiger charge is 2.50. The van der Waals surface area contributed by atoms with Crippen LogP contribution < -0.4 is 11.1 Å². The number of nitrogens with two attached hydrogens (primary N) is 1. The molecule has 3 N–H and O–H groups in total. The van der Waals surface area contributed by atoms with Crippen molar-refractivity contribution in [1.29, 1.82) is 0 Å². The highest BCUT2D eigenvalue weighted by Crippen LogP contribution is 2.40. The van der Waals surface area contributed by atoms with E-state index in [-0.39, 0.29) is 48.4 Å². The van der Waals surface area contributed by atoms with E-state index in [0.717, 1.165) is 104 Å². The van der Waals surface area contributed by atoms with Gasteiger partial charge in [-0.15, -0.1) is 7.92 Å². The Morgan fingerprint density at radius 3 is 1.24 bits per heavy atom. The van der Waals surface area contributed by atoms with E-state index in [9.17, 15) is 50.9 Å². The van der Waals surface area contributed by atoms with Gasteiger partial charge in [0, 0.05) is 109 Å². The van der Waals surface area contributed by atoms with Crippen molar-refractivity contribution < 1.29 is 64.1 Å². The molecule has 1 atom stereocenters. The second-order valence-electron chi connectivity index (χ2n) is 38.1. The number of aldehydes is 1. The molecule has 28 nitrogen and oxygen atoms in total. The average molecular weight is 2160 g/mol. The number of unbranched alkanes of at least 4 members (excludes halogenated alkanes) is 3. The Morgan fingerprint density at radius 1 is 0.530 bits per heavy atom. The molecule has 5 aromatic carbocycles. The number of nitro groups is 1. The first-order chi connectivity index (χ1) is 63.2. The number of amides is 3. The van der Waals surface area contributed by atoms with Crippen molar-refractivity contribution in [2.75, 3.05) is 105 Å². The van der Waals surface area contributed by atoms with Gasteiger partial charge in [-0.3, -0.25) is 33.6 Å². The van der Waals surface area contributed by atoms with Crippen LogP contribution in [0, 0.1) is 23.0 Å². The number of hydrogen-bond donors (Lipinski definition) is 2. The summed E-state index contributed by atoms with van der Waals surface area (Å²) in [5.41, 5.74) is 3.95. The summed E-state index contributed by atoms with van der Waals surface area (Å²) in [6, 6.07) is 31.6. The summed E-state index contributed by atoms with van der Waals surface area (Å²) in [4.78, 5) is 64.9. The van der Waals surface area contributed by atoms with Crippen LogP contribution >= 0.6 is 71.6 Å². The van der Waals surface area contributed by atoms with E-state index in [1.807, 2.05) is 70.5 Å². The van der Waals surface area contributed by atoms with Gasteiger partial charge in [-0.1, -0.05) is 122 Å². The summed E-state index contributed by atoms with van der Waals surface area (Å²) in [5.74, 6) is -0.766. The molecule has 5 fully saturated rings. The lowest BCUT2D eigenvalue weighted by Gasteiger charge is -2.33. The smallest absolute Gasteiger partial charge is 0.444 e. The van der Waals surface area contributed by atoms with Crippen LogP contribution in [0.1, 0.15) is 239 Å². The number of ether oxygens (including phenoxy) is 3. The number of alkyl halides is 3. The largest absolute Gasteiger partial charge is 0.534 e. The first kappa shape index (κ1) is 112. The molecule has 134 heavy (non-hydrogen) atoms. The number of nitrogens with one attached hydrogen (secondary N) is 1. The molecular formula is C97H140Br4F3N16O12PS. The van der Waals surface area contributed by atoms with E-state index in [1.165, 1.54) is 143 Å². The second-order valence-corrected chi connectivity index (χ2v) is 46.0. The van der Waals surface area contributed by atoms with Crippen molar-refractivity contribution >= 4 is 156 Å². The fourth-order valence-electron chi connectivity index (χ4n) is 15.5. The van der Waals surface area contributed by atoms with E-state index < -0.39 is 49.3 Å². The number of nitrogens with zero attached hydrogens (tertiary/aromatic N) is 14. The maximum Gasteiger partial charge on any atom is 0.534 e. The number of carbonyl (C=O) groups is 4. The molecule has 0 spiro atoms. The third kappa shape index (κ3) is 37.2. The van der Waals surface area contributed by atoms with Crippen molar-refractivity contribution in [3.05, 3.63) is 167 Å². The van der Waals surface area contributed by atoms with Gasteiger partial charge in [0.2, 0.25) is 5.88 Å². The summed E-state index contributed by atoms with van der Waals surface area (Å²) in [6.07, 6.45) is 33.0. The van der Waals surface area contributed by atoms with Crippen LogP contribution in [0.2, 0.25) is 0 Å². The fourth-order valence-corrected chi connectivity index (χ4v) is 20.4. The number of rotatable bonds is 17. The van der Waals surface area contributed by atoms with Crippen molar-refractivity contribution in [3.8, 4) is 0 Å². The zero-order valence-corrected chi connectivity index (χ0v) is 88.8. The molecule has 37 heteroatoms. The molecule has 10 heterocycles. The van der Waals surface area contributed by atoms with Gasteiger partial charge in [0.15, 0.2) is 6.29 Å². The number of piperidine rings is 5. The van der Waals surface area contributed by atoms with Crippen LogP contribution in [0.25, 0.3) is 43.6 Å². The molecule has 740 valence electrons. The summed E-state index contributed by atoms with van der Waals surface area (Å²) >= 11 is 13.6. The van der Waals surface area contributed by atoms with Crippen LogP contribution in [0.5, 0.6) is 0 Å². The maximum atomic E-state index is 12.4. The predicted molar refractivity (Wildman–Crippen MR) is 544 cm³/mol. The van der Waals surface area contributed by atoms with Crippen molar-refractivity contribution in [1.82, 2.24) is 68.9 Å². The van der Waals surface area contributed by atoms with E-state index >= 15 is 0 Å². The lowest BCUT2D eigenvalue weighted by Crippen LogP contribution is -2.44. The minimum atomic E-state index is -5.84. The molecule has 15 rings (SSSR count). The molecule has 0 aliphatic carbocycles. The van der Waals surface area contributed by atoms with Crippen molar-refractivity contribution in [3.63, 3.8) is 0 Å². The molecule has 0 radical (unpaired) electrons. The molecule has 0 bridgehead atoms. The number of allylic oxidation sites excluding steroid dienone is 1. The molecule has 6 aliphatic rings. The Balaban J connectivity index is 0.000000190. The lowest BCUT2D eigenvalue weighted by molar-refractivity contribution is -0.385. The van der Waals surface area contributed by atoms with E-state index in [0.29, 0.717) is 55.9 Å². The van der Waals surface area contributed by atoms with Gasteiger partial charge in [-0.2, -0.15) is 42.0 Å². The van der Waals surface area contributed by atoms with Crippen LogP contribution in [-0.2, 0) is 28.5 Å². The molecule has 0 saturated carbocycles. The third-order valence-corrected chi connectivity index (χ3v) is 28.7. The van der Waals surface area contributed by atoms with Gasteiger partial charge < -0.3 is 49.0 Å². The quantitative estimate of drug-likeness (QED) is 0.0163. The molecule has 4 aromatic heterocycles. The minimum Gasteiger partial charge on any atom is -0.444 e. The Kier molecular flexibility index (Phi) is 44.1. The van der Waals surface area contributed by atoms with Gasteiger partial charge in [0.25, 0.3) is 5.69 Å². The van der Waals surface area contributed by atoms with Crippen LogP contribution in [0.3, 0.4) is 0 Å². The number of nitro benzene ring substituents is 1. The van der Waals surface area contributed by atoms with Gasteiger partial charge in [0.1, 0.15) is 16.8 Å². The number of carbonyl (C=O) groups excluding carboxylic acids is 4. The first-order valence-electron chi connectivity index (χ1n) is 46.7. The number of aryl methyl sites for hydroxylation is 1. The Morgan fingerprint density at radius 2 is 0.873 bits per heavy atom. The molecule has 3 amide bonds. The SMILES string of the molecule is Brc1ccc2nn(C3CCNCC3)cc2c1.CC(C)(C)OC(=O)N1CCC(N)CC1.CC(C)(C)OC(=O)N1CCC(n2cc3cc(Br)ccc3n2)CC1.CCCCP(CCCC)CCCC.CN1CCC(n2cc3cc(Br)ccc3n2)CC1.C[C@H]1CC=C(OS(=O)(=O)C(F)(F)F)N(C(=O)OC(C)(C)C)C1.Cc1ccc2nn(C3CCN(C)CC3)cc2c1.O=Cc1cc(Br)ccc1[N+](=O)[O-].